The minimum absolute atomic E-state index is 0.0323. The number of hydrogen-bond donors (Lipinski definition) is 4. The molecule has 2 rings (SSSR count). The van der Waals surface area contributed by atoms with Crippen LogP contribution in [0.4, 0.5) is 17.3 Å². The number of rotatable bonds is 12. The van der Waals surface area contributed by atoms with Crippen molar-refractivity contribution in [3.63, 3.8) is 0 Å². The molecule has 188 valence electrons. The number of aromatic amines is 2. The topological polar surface area (TPSA) is 191 Å². The van der Waals surface area contributed by atoms with Gasteiger partial charge in [-0.2, -0.15) is 0 Å². The second kappa shape index (κ2) is 11.5. The zero-order valence-electron chi connectivity index (χ0n) is 20.0. The van der Waals surface area contributed by atoms with Crippen LogP contribution in [0.3, 0.4) is 0 Å². The van der Waals surface area contributed by atoms with E-state index in [1.54, 1.807) is 0 Å². The highest BCUT2D eigenvalue weighted by Crippen LogP contribution is 2.19. The van der Waals surface area contributed by atoms with E-state index < -0.39 is 40.4 Å². The molecule has 34 heavy (non-hydrogen) atoms. The molecule has 2 aromatic rings. The molecule has 0 unspecified atom stereocenters. The van der Waals surface area contributed by atoms with Crippen molar-refractivity contribution in [2.75, 3.05) is 43.2 Å². The van der Waals surface area contributed by atoms with E-state index in [4.69, 9.17) is 16.2 Å². The molecule has 0 amide bonds. The van der Waals surface area contributed by atoms with Crippen LogP contribution in [0.15, 0.2) is 19.2 Å². The molecular weight excluding hydrogens is 446 g/mol. The summed E-state index contributed by atoms with van der Waals surface area (Å²) in [5, 5.41) is 0. The van der Waals surface area contributed by atoms with Gasteiger partial charge in [-0.1, -0.05) is 27.2 Å². The van der Waals surface area contributed by atoms with Gasteiger partial charge >= 0.3 is 11.4 Å². The number of carbonyl (C=O) groups excluding carboxylic acids is 1. The molecule has 0 atom stereocenters. The lowest BCUT2D eigenvalue weighted by atomic mass is 10.1. The number of hydrogen-bond acceptors (Lipinski definition) is 9. The highest BCUT2D eigenvalue weighted by Gasteiger charge is 2.25. The van der Waals surface area contributed by atoms with Crippen molar-refractivity contribution in [3.8, 4) is 0 Å². The van der Waals surface area contributed by atoms with Crippen molar-refractivity contribution in [2.45, 2.75) is 46.7 Å². The Hall–Kier alpha value is -3.61. The second-order valence-corrected chi connectivity index (χ2v) is 8.36. The van der Waals surface area contributed by atoms with Crippen LogP contribution in [0.5, 0.6) is 0 Å². The van der Waals surface area contributed by atoms with Crippen LogP contribution < -0.4 is 38.9 Å². The van der Waals surface area contributed by atoms with Gasteiger partial charge in [0, 0.05) is 20.2 Å². The Morgan fingerprint density at radius 1 is 1.03 bits per heavy atom. The Morgan fingerprint density at radius 3 is 2.24 bits per heavy atom. The van der Waals surface area contributed by atoms with E-state index in [1.165, 1.54) is 16.6 Å². The number of unbranched alkanes of at least 4 members (excludes halogenated alkanes) is 1. The van der Waals surface area contributed by atoms with Crippen LogP contribution in [0.1, 0.15) is 44.0 Å². The molecule has 0 aromatic carbocycles. The average molecular weight is 480 g/mol. The lowest BCUT2D eigenvalue weighted by Gasteiger charge is -2.26. The molecular formula is C21H33N7O6. The van der Waals surface area contributed by atoms with Crippen LogP contribution in [0.25, 0.3) is 0 Å². The molecule has 2 aromatic heterocycles. The van der Waals surface area contributed by atoms with Crippen molar-refractivity contribution < 1.29 is 9.53 Å². The molecule has 0 fully saturated rings. The Bertz CT molecular complexity index is 1250. The molecule has 0 spiro atoms. The van der Waals surface area contributed by atoms with Crippen molar-refractivity contribution in [2.24, 2.45) is 5.92 Å². The molecule has 13 heteroatoms. The number of nitrogens with one attached hydrogen (secondary N) is 2. The first-order chi connectivity index (χ1) is 16.0. The lowest BCUT2D eigenvalue weighted by molar-refractivity contribution is 0.0997. The third-order valence-corrected chi connectivity index (χ3v) is 5.23. The fraction of sp³-hybridized carbons (Fsp3) is 0.571. The van der Waals surface area contributed by atoms with Gasteiger partial charge in [0.25, 0.3) is 11.1 Å². The van der Waals surface area contributed by atoms with E-state index >= 15 is 0 Å². The molecule has 2 heterocycles. The largest absolute Gasteiger partial charge is 0.384 e. The molecule has 0 saturated heterocycles. The number of nitrogen functional groups attached to an aromatic ring is 2. The summed E-state index contributed by atoms with van der Waals surface area (Å²) < 4.78 is 7.23. The summed E-state index contributed by atoms with van der Waals surface area (Å²) in [6.45, 7) is 5.99. The maximum Gasteiger partial charge on any atom is 0.330 e. The van der Waals surface area contributed by atoms with Gasteiger partial charge in [-0.25, -0.2) is 9.59 Å². The molecule has 0 aliphatic heterocycles. The summed E-state index contributed by atoms with van der Waals surface area (Å²) in [5.74, 6) is -1.01. The molecule has 6 N–H and O–H groups in total. The summed E-state index contributed by atoms with van der Waals surface area (Å²) in [5.41, 5.74) is 8.71. The lowest BCUT2D eigenvalue weighted by Crippen LogP contribution is -2.43. The number of ketones is 1. The summed E-state index contributed by atoms with van der Waals surface area (Å²) in [6.07, 6.45) is 1.35. The number of H-pyrrole nitrogens is 2. The van der Waals surface area contributed by atoms with Crippen LogP contribution in [-0.4, -0.2) is 51.7 Å². The van der Waals surface area contributed by atoms with Gasteiger partial charge in [-0.15, -0.1) is 0 Å². The monoisotopic (exact) mass is 479 g/mol. The van der Waals surface area contributed by atoms with Gasteiger partial charge in [-0.3, -0.25) is 33.5 Å². The number of ether oxygens (including phenoxy) is 1. The number of aromatic nitrogens is 4. The van der Waals surface area contributed by atoms with E-state index in [-0.39, 0.29) is 49.5 Å². The minimum atomic E-state index is -0.928. The van der Waals surface area contributed by atoms with E-state index in [9.17, 15) is 24.0 Å². The van der Waals surface area contributed by atoms with Crippen molar-refractivity contribution in [1.29, 1.82) is 0 Å². The predicted octanol–water partition coefficient (Wildman–Crippen LogP) is -0.657. The molecule has 0 saturated carbocycles. The first-order valence-corrected chi connectivity index (χ1v) is 11.1. The number of Topliss-reactive ketones (excluding diaryl/α,β-unsaturated/α-hetero) is 1. The van der Waals surface area contributed by atoms with Gasteiger partial charge < -0.3 is 21.1 Å². The molecule has 0 bridgehead atoms. The third kappa shape index (κ3) is 5.84. The van der Waals surface area contributed by atoms with E-state index in [1.807, 2.05) is 20.8 Å². The second-order valence-electron chi connectivity index (χ2n) is 8.36. The summed E-state index contributed by atoms with van der Waals surface area (Å²) in [6, 6.07) is 0. The van der Waals surface area contributed by atoms with Crippen molar-refractivity contribution >= 4 is 23.1 Å². The average Bonchev–Trinajstić information content (AvgIpc) is 2.74. The number of methoxy groups -OCH3 is 1. The van der Waals surface area contributed by atoms with E-state index in [2.05, 4.69) is 9.97 Å². The summed E-state index contributed by atoms with van der Waals surface area (Å²) in [4.78, 5) is 68.6. The maximum absolute atomic E-state index is 13.2. The molecule has 13 nitrogen and oxygen atoms in total. The smallest absolute Gasteiger partial charge is 0.330 e. The van der Waals surface area contributed by atoms with Crippen molar-refractivity contribution in [3.05, 3.63) is 47.2 Å². The highest BCUT2D eigenvalue weighted by molar-refractivity contribution is 6.02. The van der Waals surface area contributed by atoms with Gasteiger partial charge in [0.2, 0.25) is 0 Å². The first-order valence-electron chi connectivity index (χ1n) is 11.1. The molecule has 0 aliphatic rings. The number of nitrogens with zero attached hydrogens (tertiary/aromatic N) is 3. The zero-order valence-corrected chi connectivity index (χ0v) is 20.0. The Balaban J connectivity index is 2.57. The number of carbonyl (C=O) groups is 1. The minimum Gasteiger partial charge on any atom is -0.384 e. The standard InChI is InChI=1S/C21H33N7O6/c1-5-6-7-26(15-17(23)28(10-12(2)3)21(33)25-19(15)31)11-13(29)14-16(22)27(8-9-34-4)20(32)24-18(14)30/h12H,5-11,22-23H2,1-4H3,(H,24,30,32)(H,25,31,33). The SMILES string of the molecule is CCCCN(CC(=O)c1c(N)n(CCOC)c(=O)[nH]c1=O)c1c(N)n(CC(C)C)c(=O)[nH]c1=O. The van der Waals surface area contributed by atoms with Crippen molar-refractivity contribution in [1.82, 2.24) is 19.1 Å². The van der Waals surface area contributed by atoms with Gasteiger partial charge in [0.1, 0.15) is 22.9 Å². The predicted molar refractivity (Wildman–Crippen MR) is 130 cm³/mol. The third-order valence-electron chi connectivity index (χ3n) is 5.23. The first kappa shape index (κ1) is 26.6. The van der Waals surface area contributed by atoms with Crippen LogP contribution >= 0.6 is 0 Å². The Labute approximate surface area is 195 Å². The Kier molecular flexibility index (Phi) is 9.01. The fourth-order valence-electron chi connectivity index (χ4n) is 3.56. The van der Waals surface area contributed by atoms with Gasteiger partial charge in [-0.05, 0) is 12.3 Å². The van der Waals surface area contributed by atoms with Crippen LogP contribution in [0.2, 0.25) is 0 Å². The normalized spacial score (nSPS) is 11.2. The van der Waals surface area contributed by atoms with Gasteiger partial charge in [0.15, 0.2) is 5.78 Å². The van der Waals surface area contributed by atoms with Crippen LogP contribution in [0, 0.1) is 5.92 Å². The van der Waals surface area contributed by atoms with Crippen LogP contribution in [-0.2, 0) is 17.8 Å². The van der Waals surface area contributed by atoms with E-state index in [0.29, 0.717) is 6.42 Å². The molecule has 0 aliphatic carbocycles. The fourth-order valence-corrected chi connectivity index (χ4v) is 3.56. The Morgan fingerprint density at radius 2 is 1.65 bits per heavy atom. The number of anilines is 3. The highest BCUT2D eigenvalue weighted by atomic mass is 16.5. The number of nitrogens with two attached hydrogens (primary N) is 2. The van der Waals surface area contributed by atoms with E-state index in [0.717, 1.165) is 11.0 Å². The summed E-state index contributed by atoms with van der Waals surface area (Å²) >= 11 is 0. The summed E-state index contributed by atoms with van der Waals surface area (Å²) in [7, 11) is 1.44. The zero-order chi connectivity index (χ0) is 25.6. The molecule has 0 radical (unpaired) electrons. The maximum atomic E-state index is 13.2. The van der Waals surface area contributed by atoms with Gasteiger partial charge in [0.05, 0.1) is 19.7 Å². The quantitative estimate of drug-likeness (QED) is 0.286.